The number of carboxylic acids is 1. The van der Waals surface area contributed by atoms with Crippen molar-refractivity contribution in [2.45, 2.75) is 31.7 Å². The third kappa shape index (κ3) is 4.88. The zero-order chi connectivity index (χ0) is 22.9. The molecule has 9 heteroatoms. The van der Waals surface area contributed by atoms with Gasteiger partial charge < -0.3 is 9.84 Å². The fourth-order valence-corrected chi connectivity index (χ4v) is 4.33. The van der Waals surface area contributed by atoms with Gasteiger partial charge in [0.25, 0.3) is 0 Å². The maximum atomic E-state index is 13.3. The van der Waals surface area contributed by atoms with Crippen molar-refractivity contribution in [1.82, 2.24) is 4.90 Å². The fraction of sp³-hybridized carbons (Fsp3) is 0.391. The number of carboxylic acid groups (broad SMARTS) is 1. The molecule has 170 valence electrons. The Kier molecular flexibility index (Phi) is 6.10. The minimum atomic E-state index is -4.56. The minimum absolute atomic E-state index is 0.0252. The number of carbonyl (C=O) groups excluding carboxylic acids is 1. The first-order valence-corrected chi connectivity index (χ1v) is 10.4. The number of anilines is 1. The Morgan fingerprint density at radius 3 is 2.44 bits per heavy atom. The lowest BCUT2D eigenvalue weighted by atomic mass is 9.86. The van der Waals surface area contributed by atoms with E-state index in [9.17, 15) is 27.9 Å². The zero-order valence-electron chi connectivity index (χ0n) is 17.2. The Morgan fingerprint density at radius 2 is 1.81 bits per heavy atom. The van der Waals surface area contributed by atoms with Crippen LogP contribution in [0.25, 0.3) is 0 Å². The maximum Gasteiger partial charge on any atom is 0.416 e. The molecule has 3 heterocycles. The van der Waals surface area contributed by atoms with Crippen molar-refractivity contribution in [2.75, 3.05) is 24.5 Å². The Hall–Kier alpha value is -3.07. The average molecular weight is 448 g/mol. The molecule has 3 aliphatic rings. The monoisotopic (exact) mass is 448 g/mol. The third-order valence-corrected chi connectivity index (χ3v) is 6.07. The molecular weight excluding hydrogens is 425 g/mol. The summed E-state index contributed by atoms with van der Waals surface area (Å²) >= 11 is 0. The first-order valence-electron chi connectivity index (χ1n) is 10.4. The Balaban J connectivity index is 1.62. The quantitative estimate of drug-likeness (QED) is 0.722. The van der Waals surface area contributed by atoms with E-state index in [1.54, 1.807) is 6.07 Å². The molecule has 2 aromatic rings. The van der Waals surface area contributed by atoms with Gasteiger partial charge in [0, 0.05) is 12.2 Å². The molecule has 3 saturated heterocycles. The summed E-state index contributed by atoms with van der Waals surface area (Å²) in [7, 11) is 0. The second kappa shape index (κ2) is 8.82. The van der Waals surface area contributed by atoms with Crippen LogP contribution in [0.1, 0.15) is 34.3 Å². The maximum absolute atomic E-state index is 13.3. The van der Waals surface area contributed by atoms with Crippen LogP contribution >= 0.6 is 0 Å². The molecule has 6 nitrogen and oxygen atoms in total. The average Bonchev–Trinajstić information content (AvgIpc) is 2.78. The van der Waals surface area contributed by atoms with Gasteiger partial charge in [-0.1, -0.05) is 18.2 Å². The normalized spacial score (nSPS) is 22.4. The summed E-state index contributed by atoms with van der Waals surface area (Å²) in [6, 6.07) is 10.4. The van der Waals surface area contributed by atoms with Gasteiger partial charge in [0.2, 0.25) is 0 Å². The van der Waals surface area contributed by atoms with Gasteiger partial charge in [-0.15, -0.1) is 0 Å². The molecule has 2 bridgehead atoms. The number of carbonyl (C=O) groups is 2. The number of hydrogen-bond donors (Lipinski definition) is 1. The van der Waals surface area contributed by atoms with E-state index in [1.807, 2.05) is 0 Å². The molecule has 1 amide bonds. The Labute approximate surface area is 183 Å². The highest BCUT2D eigenvalue weighted by Crippen LogP contribution is 2.34. The van der Waals surface area contributed by atoms with Gasteiger partial charge in [-0.25, -0.2) is 9.59 Å². The standard InChI is InChI=1S/C23H23F3N2O4/c24-23(25,26)18-5-2-6-19(12-18)28(13-15-3-1-4-17(11-15)21(29)30)22(31)32-20-14-27-9-7-16(20)8-10-27/h1-6,11-12,16,20H,7-10,13-14H2,(H,29,30)/t20-/m0/s1. The van der Waals surface area contributed by atoms with Gasteiger partial charge in [0.1, 0.15) is 6.10 Å². The SMILES string of the molecule is O=C(O)c1cccc(CN(C(=O)O[C@H]2CN3CCC2CC3)c2cccc(C(F)(F)F)c2)c1. The van der Waals surface area contributed by atoms with Crippen LogP contribution in [0.3, 0.4) is 0 Å². The van der Waals surface area contributed by atoms with E-state index in [1.165, 1.54) is 30.3 Å². The van der Waals surface area contributed by atoms with Crippen molar-refractivity contribution >= 4 is 17.7 Å². The number of aromatic carboxylic acids is 1. The molecule has 0 unspecified atom stereocenters. The summed E-state index contributed by atoms with van der Waals surface area (Å²) in [4.78, 5) is 27.8. The number of halogens is 3. The number of piperidine rings is 3. The number of alkyl halides is 3. The number of nitrogens with zero attached hydrogens (tertiary/aromatic N) is 2. The summed E-state index contributed by atoms with van der Waals surface area (Å²) in [5.74, 6) is -0.894. The minimum Gasteiger partial charge on any atom is -0.478 e. The summed E-state index contributed by atoms with van der Waals surface area (Å²) in [5, 5.41) is 9.24. The highest BCUT2D eigenvalue weighted by atomic mass is 19.4. The van der Waals surface area contributed by atoms with E-state index in [0.29, 0.717) is 12.1 Å². The van der Waals surface area contributed by atoms with Crippen LogP contribution < -0.4 is 4.90 Å². The molecule has 0 spiro atoms. The van der Waals surface area contributed by atoms with E-state index in [-0.39, 0.29) is 29.8 Å². The summed E-state index contributed by atoms with van der Waals surface area (Å²) in [6.45, 7) is 2.40. The Bertz CT molecular complexity index is 1000. The molecule has 1 N–H and O–H groups in total. The number of rotatable bonds is 5. The number of ether oxygens (including phenoxy) is 1. The molecule has 0 aromatic heterocycles. The molecule has 0 aliphatic carbocycles. The fourth-order valence-electron chi connectivity index (χ4n) is 4.33. The summed E-state index contributed by atoms with van der Waals surface area (Å²) in [6.07, 6.45) is -3.79. The smallest absolute Gasteiger partial charge is 0.416 e. The van der Waals surface area contributed by atoms with Crippen LogP contribution in [0.4, 0.5) is 23.7 Å². The molecule has 0 radical (unpaired) electrons. The van der Waals surface area contributed by atoms with Crippen molar-refractivity contribution in [1.29, 1.82) is 0 Å². The summed E-state index contributed by atoms with van der Waals surface area (Å²) < 4.78 is 45.6. The van der Waals surface area contributed by atoms with Crippen LogP contribution in [-0.4, -0.2) is 47.8 Å². The van der Waals surface area contributed by atoms with Gasteiger partial charge >= 0.3 is 18.2 Å². The lowest BCUT2D eigenvalue weighted by molar-refractivity contribution is -0.137. The third-order valence-electron chi connectivity index (χ3n) is 6.07. The molecule has 32 heavy (non-hydrogen) atoms. The number of hydrogen-bond acceptors (Lipinski definition) is 4. The number of amides is 1. The predicted octanol–water partition coefficient (Wildman–Crippen LogP) is 4.64. The molecule has 5 rings (SSSR count). The van der Waals surface area contributed by atoms with E-state index < -0.39 is 23.8 Å². The van der Waals surface area contributed by atoms with Gasteiger partial charge in [0.15, 0.2) is 0 Å². The van der Waals surface area contributed by atoms with E-state index in [4.69, 9.17) is 4.74 Å². The highest BCUT2D eigenvalue weighted by Gasteiger charge is 2.38. The predicted molar refractivity (Wildman–Crippen MR) is 110 cm³/mol. The van der Waals surface area contributed by atoms with Crippen molar-refractivity contribution in [3.05, 3.63) is 65.2 Å². The van der Waals surface area contributed by atoms with E-state index >= 15 is 0 Å². The Morgan fingerprint density at radius 1 is 1.09 bits per heavy atom. The van der Waals surface area contributed by atoms with Crippen molar-refractivity contribution in [3.63, 3.8) is 0 Å². The topological polar surface area (TPSA) is 70.1 Å². The zero-order valence-corrected chi connectivity index (χ0v) is 17.2. The van der Waals surface area contributed by atoms with Gasteiger partial charge in [0.05, 0.1) is 17.7 Å². The highest BCUT2D eigenvalue weighted by molar-refractivity contribution is 5.89. The molecule has 3 fully saturated rings. The molecular formula is C23H23F3N2O4. The molecule has 2 aromatic carbocycles. The molecule has 0 saturated carbocycles. The van der Waals surface area contributed by atoms with Crippen LogP contribution in [0, 0.1) is 5.92 Å². The largest absolute Gasteiger partial charge is 0.478 e. The van der Waals surface area contributed by atoms with Gasteiger partial charge in [-0.05, 0) is 67.7 Å². The number of fused-ring (bicyclic) bond motifs is 3. The lowest BCUT2D eigenvalue weighted by Gasteiger charge is -2.44. The lowest BCUT2D eigenvalue weighted by Crippen LogP contribution is -2.53. The van der Waals surface area contributed by atoms with Crippen LogP contribution in [0.5, 0.6) is 0 Å². The molecule has 3 aliphatic heterocycles. The van der Waals surface area contributed by atoms with Crippen molar-refractivity contribution in [2.24, 2.45) is 5.92 Å². The van der Waals surface area contributed by atoms with Crippen molar-refractivity contribution in [3.8, 4) is 0 Å². The van der Waals surface area contributed by atoms with Crippen LogP contribution in [0.15, 0.2) is 48.5 Å². The number of benzene rings is 2. The molecule has 1 atom stereocenters. The summed E-state index contributed by atoms with van der Waals surface area (Å²) in [5.41, 5.74) is -0.354. The van der Waals surface area contributed by atoms with Crippen LogP contribution in [0.2, 0.25) is 0 Å². The van der Waals surface area contributed by atoms with E-state index in [2.05, 4.69) is 4.90 Å². The van der Waals surface area contributed by atoms with Gasteiger partial charge in [-0.2, -0.15) is 13.2 Å². The van der Waals surface area contributed by atoms with Gasteiger partial charge in [-0.3, -0.25) is 9.80 Å². The first-order chi connectivity index (χ1) is 15.2. The van der Waals surface area contributed by atoms with Crippen molar-refractivity contribution < 1.29 is 32.6 Å². The second-order valence-corrected chi connectivity index (χ2v) is 8.20. The first kappa shape index (κ1) is 22.1. The van der Waals surface area contributed by atoms with E-state index in [0.717, 1.165) is 43.0 Å². The van der Waals surface area contributed by atoms with Crippen LogP contribution in [-0.2, 0) is 17.5 Å². The second-order valence-electron chi connectivity index (χ2n) is 8.20.